The highest BCUT2D eigenvalue weighted by Crippen LogP contribution is 2.43. The molecule has 0 aromatic carbocycles. The van der Waals surface area contributed by atoms with Crippen molar-refractivity contribution in [3.63, 3.8) is 0 Å². The number of ether oxygens (including phenoxy) is 1. The van der Waals surface area contributed by atoms with Gasteiger partial charge in [-0.2, -0.15) is 13.2 Å². The van der Waals surface area contributed by atoms with E-state index in [1.807, 2.05) is 0 Å². The van der Waals surface area contributed by atoms with Gasteiger partial charge in [0.05, 0.1) is 13.0 Å². The fourth-order valence-corrected chi connectivity index (χ4v) is 2.72. The van der Waals surface area contributed by atoms with E-state index < -0.39 is 24.2 Å². The first-order chi connectivity index (χ1) is 9.72. The van der Waals surface area contributed by atoms with Crippen molar-refractivity contribution in [3.8, 4) is 0 Å². The van der Waals surface area contributed by atoms with Crippen LogP contribution in [0.25, 0.3) is 0 Å². The van der Waals surface area contributed by atoms with Crippen molar-refractivity contribution in [3.05, 3.63) is 0 Å². The quantitative estimate of drug-likeness (QED) is 0.673. The van der Waals surface area contributed by atoms with Gasteiger partial charge in [0.25, 0.3) is 0 Å². The molecule has 1 aliphatic rings. The molecule has 0 aromatic rings. The van der Waals surface area contributed by atoms with E-state index in [0.29, 0.717) is 12.8 Å². The number of hydrogen-bond acceptors (Lipinski definition) is 3. The molecule has 21 heavy (non-hydrogen) atoms. The average Bonchev–Trinajstić information content (AvgIpc) is 2.74. The third kappa shape index (κ3) is 7.31. The molecule has 1 amide bonds. The Balaban J connectivity index is 2.27. The number of hydrogen-bond donors (Lipinski definition) is 2. The number of amides is 1. The van der Waals surface area contributed by atoms with E-state index in [2.05, 4.69) is 10.1 Å². The summed E-state index contributed by atoms with van der Waals surface area (Å²) in [5, 5.41) is 11.4. The summed E-state index contributed by atoms with van der Waals surface area (Å²) in [6.45, 7) is -1.58. The lowest BCUT2D eigenvalue weighted by atomic mass is 9.79. The second-order valence-corrected chi connectivity index (χ2v) is 5.47. The fraction of sp³-hybridized carbons (Fsp3) is 0.846. The van der Waals surface area contributed by atoms with Crippen molar-refractivity contribution < 1.29 is 32.6 Å². The minimum atomic E-state index is -4.38. The molecule has 2 N–H and O–H groups in total. The van der Waals surface area contributed by atoms with Crippen LogP contribution in [0.3, 0.4) is 0 Å². The van der Waals surface area contributed by atoms with Crippen molar-refractivity contribution in [1.29, 1.82) is 0 Å². The zero-order chi connectivity index (χ0) is 15.9. The first kappa shape index (κ1) is 17.7. The zero-order valence-corrected chi connectivity index (χ0v) is 11.7. The Bertz CT molecular complexity index is 365. The van der Waals surface area contributed by atoms with E-state index in [9.17, 15) is 22.8 Å². The Morgan fingerprint density at radius 2 is 1.81 bits per heavy atom. The molecular formula is C13H20F3NO4. The van der Waals surface area contributed by atoms with Crippen LogP contribution >= 0.6 is 0 Å². The van der Waals surface area contributed by atoms with E-state index in [0.717, 1.165) is 12.8 Å². The van der Waals surface area contributed by atoms with Gasteiger partial charge in [0.15, 0.2) is 0 Å². The summed E-state index contributed by atoms with van der Waals surface area (Å²) in [5.74, 6) is -1.27. The lowest BCUT2D eigenvalue weighted by Crippen LogP contribution is -2.34. The second kappa shape index (κ2) is 7.63. The Hall–Kier alpha value is -1.31. The van der Waals surface area contributed by atoms with Gasteiger partial charge in [0, 0.05) is 13.0 Å². The van der Waals surface area contributed by atoms with E-state index in [1.165, 1.54) is 0 Å². The Morgan fingerprint density at radius 3 is 2.33 bits per heavy atom. The predicted molar refractivity (Wildman–Crippen MR) is 67.7 cm³/mol. The van der Waals surface area contributed by atoms with Crippen molar-refractivity contribution >= 4 is 11.9 Å². The van der Waals surface area contributed by atoms with Crippen molar-refractivity contribution in [2.75, 3.05) is 19.8 Å². The molecule has 5 nitrogen and oxygen atoms in total. The monoisotopic (exact) mass is 311 g/mol. The predicted octanol–water partition coefficient (Wildman–Crippen LogP) is 2.11. The molecule has 1 rings (SSSR count). The average molecular weight is 311 g/mol. The van der Waals surface area contributed by atoms with Crippen LogP contribution in [-0.4, -0.2) is 42.9 Å². The van der Waals surface area contributed by atoms with Gasteiger partial charge in [-0.25, -0.2) is 0 Å². The van der Waals surface area contributed by atoms with Gasteiger partial charge in [-0.15, -0.1) is 0 Å². The number of carboxylic acid groups (broad SMARTS) is 1. The standard InChI is InChI=1S/C13H20F3NO4/c14-13(15,16)9-21-6-5-17-10(18)7-12(8-11(19)20)3-1-2-4-12/h1-9H2,(H,17,18)(H,19,20). The molecule has 1 aliphatic carbocycles. The largest absolute Gasteiger partial charge is 0.481 e. The topological polar surface area (TPSA) is 75.6 Å². The van der Waals surface area contributed by atoms with Crippen LogP contribution in [-0.2, 0) is 14.3 Å². The minimum absolute atomic E-state index is 0.0158. The van der Waals surface area contributed by atoms with E-state index >= 15 is 0 Å². The molecule has 0 heterocycles. The third-order valence-corrected chi connectivity index (χ3v) is 3.56. The normalized spacial score (nSPS) is 17.7. The Labute approximate surface area is 120 Å². The fourth-order valence-electron chi connectivity index (χ4n) is 2.72. The number of nitrogens with one attached hydrogen (secondary N) is 1. The van der Waals surface area contributed by atoms with Gasteiger partial charge >= 0.3 is 12.1 Å². The van der Waals surface area contributed by atoms with Gasteiger partial charge in [-0.1, -0.05) is 12.8 Å². The SMILES string of the molecule is O=C(O)CC1(CC(=O)NCCOCC(F)(F)F)CCCC1. The molecule has 0 aliphatic heterocycles. The Morgan fingerprint density at radius 1 is 1.19 bits per heavy atom. The van der Waals surface area contributed by atoms with Crippen molar-refractivity contribution in [2.45, 2.75) is 44.7 Å². The third-order valence-electron chi connectivity index (χ3n) is 3.56. The highest BCUT2D eigenvalue weighted by Gasteiger charge is 2.37. The van der Waals surface area contributed by atoms with Crippen LogP contribution in [0.4, 0.5) is 13.2 Å². The van der Waals surface area contributed by atoms with Crippen molar-refractivity contribution in [2.24, 2.45) is 5.41 Å². The molecule has 0 unspecified atom stereocenters. The molecule has 1 fully saturated rings. The van der Waals surface area contributed by atoms with Gasteiger partial charge < -0.3 is 15.2 Å². The van der Waals surface area contributed by atoms with Crippen LogP contribution in [0.15, 0.2) is 0 Å². The first-order valence-electron chi connectivity index (χ1n) is 6.85. The molecule has 0 aromatic heterocycles. The van der Waals surface area contributed by atoms with Gasteiger partial charge in [-0.05, 0) is 18.3 Å². The van der Waals surface area contributed by atoms with E-state index in [-0.39, 0.29) is 31.9 Å². The number of rotatable bonds is 8. The van der Waals surface area contributed by atoms with Crippen molar-refractivity contribution in [1.82, 2.24) is 5.32 Å². The lowest BCUT2D eigenvalue weighted by Gasteiger charge is -2.26. The maximum atomic E-state index is 11.8. The van der Waals surface area contributed by atoms with E-state index in [4.69, 9.17) is 5.11 Å². The van der Waals surface area contributed by atoms with Crippen LogP contribution in [0.2, 0.25) is 0 Å². The molecule has 0 bridgehead atoms. The molecular weight excluding hydrogens is 291 g/mol. The number of aliphatic carboxylic acids is 1. The summed E-state index contributed by atoms with van der Waals surface area (Å²) in [7, 11) is 0. The molecule has 0 spiro atoms. The van der Waals surface area contributed by atoms with Crippen LogP contribution < -0.4 is 5.32 Å². The number of carboxylic acids is 1. The molecule has 8 heteroatoms. The van der Waals surface area contributed by atoms with Crippen LogP contribution in [0, 0.1) is 5.41 Å². The Kier molecular flexibility index (Phi) is 6.44. The molecule has 122 valence electrons. The number of carbonyl (C=O) groups is 2. The molecule has 0 radical (unpaired) electrons. The summed E-state index contributed by atoms with van der Waals surface area (Å²) < 4.78 is 39.8. The summed E-state index contributed by atoms with van der Waals surface area (Å²) >= 11 is 0. The first-order valence-corrected chi connectivity index (χ1v) is 6.85. The smallest absolute Gasteiger partial charge is 0.411 e. The number of carbonyl (C=O) groups excluding carboxylic acids is 1. The van der Waals surface area contributed by atoms with Gasteiger partial charge in [0.1, 0.15) is 6.61 Å². The van der Waals surface area contributed by atoms with Gasteiger partial charge in [-0.3, -0.25) is 9.59 Å². The second-order valence-electron chi connectivity index (χ2n) is 5.47. The maximum Gasteiger partial charge on any atom is 0.411 e. The summed E-state index contributed by atoms with van der Waals surface area (Å²) in [6.07, 6.45) is -1.15. The number of alkyl halides is 3. The summed E-state index contributed by atoms with van der Waals surface area (Å²) in [4.78, 5) is 22.6. The van der Waals surface area contributed by atoms with Crippen LogP contribution in [0.1, 0.15) is 38.5 Å². The zero-order valence-electron chi connectivity index (χ0n) is 11.7. The lowest BCUT2D eigenvalue weighted by molar-refractivity contribution is -0.173. The minimum Gasteiger partial charge on any atom is -0.481 e. The van der Waals surface area contributed by atoms with E-state index in [1.54, 1.807) is 0 Å². The maximum absolute atomic E-state index is 11.8. The van der Waals surface area contributed by atoms with Crippen LogP contribution in [0.5, 0.6) is 0 Å². The highest BCUT2D eigenvalue weighted by molar-refractivity contribution is 5.78. The molecule has 0 saturated heterocycles. The highest BCUT2D eigenvalue weighted by atomic mass is 19.4. The molecule has 0 atom stereocenters. The number of halogens is 3. The van der Waals surface area contributed by atoms with Gasteiger partial charge in [0.2, 0.25) is 5.91 Å². The molecule has 1 saturated carbocycles. The summed E-state index contributed by atoms with van der Waals surface area (Å²) in [5.41, 5.74) is -0.511. The summed E-state index contributed by atoms with van der Waals surface area (Å²) in [6, 6.07) is 0.